The average molecular weight is 244 g/mol. The van der Waals surface area contributed by atoms with E-state index >= 15 is 0 Å². The van der Waals surface area contributed by atoms with E-state index in [-0.39, 0.29) is 11.6 Å². The molecule has 1 rings (SSSR count). The largest absolute Gasteiger partial charge is 0.480 e. The van der Waals surface area contributed by atoms with Crippen LogP contribution in [0.1, 0.15) is 26.7 Å². The van der Waals surface area contributed by atoms with Crippen molar-refractivity contribution < 1.29 is 19.4 Å². The highest BCUT2D eigenvalue weighted by molar-refractivity contribution is 5.82. The maximum Gasteiger partial charge on any atom is 0.326 e. The molecule has 0 aromatic heterocycles. The van der Waals surface area contributed by atoms with Crippen molar-refractivity contribution in [3.63, 3.8) is 0 Å². The molecule has 1 heterocycles. The molecule has 6 nitrogen and oxygen atoms in total. The number of carbonyl (C=O) groups excluding carboxylic acids is 1. The van der Waals surface area contributed by atoms with Gasteiger partial charge in [-0.15, -0.1) is 0 Å². The van der Waals surface area contributed by atoms with E-state index in [9.17, 15) is 9.59 Å². The fraction of sp³-hybridized carbons (Fsp3) is 0.818. The molecule has 17 heavy (non-hydrogen) atoms. The van der Waals surface area contributed by atoms with Gasteiger partial charge in [0.2, 0.25) is 0 Å². The summed E-state index contributed by atoms with van der Waals surface area (Å²) < 4.78 is 5.23. The van der Waals surface area contributed by atoms with Gasteiger partial charge in [0.15, 0.2) is 0 Å². The molecule has 0 aromatic rings. The van der Waals surface area contributed by atoms with Crippen LogP contribution in [-0.2, 0) is 9.53 Å². The molecule has 1 aliphatic rings. The SMILES string of the molecule is CCC(C(=O)O)N(C)C(=O)NC1(C)CCOC1. The van der Waals surface area contributed by atoms with Crippen LogP contribution in [0.4, 0.5) is 4.79 Å². The van der Waals surface area contributed by atoms with E-state index in [4.69, 9.17) is 9.84 Å². The van der Waals surface area contributed by atoms with Crippen LogP contribution in [0.15, 0.2) is 0 Å². The Morgan fingerprint density at radius 1 is 1.59 bits per heavy atom. The van der Waals surface area contributed by atoms with E-state index in [0.29, 0.717) is 19.6 Å². The molecule has 0 aromatic carbocycles. The summed E-state index contributed by atoms with van der Waals surface area (Å²) in [5, 5.41) is 11.8. The summed E-state index contributed by atoms with van der Waals surface area (Å²) in [5.41, 5.74) is -0.387. The zero-order valence-electron chi connectivity index (χ0n) is 10.5. The number of urea groups is 1. The minimum absolute atomic E-state index is 0.368. The van der Waals surface area contributed by atoms with Crippen LogP contribution < -0.4 is 5.32 Å². The van der Waals surface area contributed by atoms with Gasteiger partial charge in [-0.1, -0.05) is 6.92 Å². The third kappa shape index (κ3) is 3.33. The van der Waals surface area contributed by atoms with Crippen molar-refractivity contribution in [1.82, 2.24) is 10.2 Å². The zero-order valence-corrected chi connectivity index (χ0v) is 10.5. The van der Waals surface area contributed by atoms with Crippen molar-refractivity contribution in [1.29, 1.82) is 0 Å². The Balaban J connectivity index is 2.60. The Labute approximate surface area is 101 Å². The molecule has 2 unspecified atom stereocenters. The van der Waals surface area contributed by atoms with Crippen molar-refractivity contribution in [3.05, 3.63) is 0 Å². The van der Waals surface area contributed by atoms with Gasteiger partial charge < -0.3 is 20.1 Å². The van der Waals surface area contributed by atoms with Gasteiger partial charge in [0.05, 0.1) is 12.1 Å². The molecule has 98 valence electrons. The fourth-order valence-electron chi connectivity index (χ4n) is 1.87. The smallest absolute Gasteiger partial charge is 0.326 e. The van der Waals surface area contributed by atoms with E-state index in [1.165, 1.54) is 11.9 Å². The summed E-state index contributed by atoms with van der Waals surface area (Å²) in [6, 6.07) is -1.16. The van der Waals surface area contributed by atoms with Gasteiger partial charge >= 0.3 is 12.0 Å². The maximum absolute atomic E-state index is 11.9. The van der Waals surface area contributed by atoms with E-state index in [1.807, 2.05) is 6.92 Å². The number of hydrogen-bond acceptors (Lipinski definition) is 3. The number of amides is 2. The first-order valence-corrected chi connectivity index (χ1v) is 5.75. The van der Waals surface area contributed by atoms with Crippen LogP contribution in [-0.4, -0.2) is 53.8 Å². The number of nitrogens with zero attached hydrogens (tertiary/aromatic N) is 1. The molecule has 0 spiro atoms. The van der Waals surface area contributed by atoms with Gasteiger partial charge in [0, 0.05) is 13.7 Å². The van der Waals surface area contributed by atoms with Crippen LogP contribution in [0.3, 0.4) is 0 Å². The fourth-order valence-corrected chi connectivity index (χ4v) is 1.87. The Morgan fingerprint density at radius 2 is 2.24 bits per heavy atom. The summed E-state index contributed by atoms with van der Waals surface area (Å²) in [5.74, 6) is -0.988. The minimum atomic E-state index is -0.988. The lowest BCUT2D eigenvalue weighted by atomic mass is 10.0. The molecule has 0 saturated carbocycles. The number of aliphatic carboxylic acids is 1. The molecule has 2 amide bonds. The van der Waals surface area contributed by atoms with Crippen LogP contribution in [0.2, 0.25) is 0 Å². The molecule has 0 radical (unpaired) electrons. The third-order valence-corrected chi connectivity index (χ3v) is 3.09. The predicted octanol–water partition coefficient (Wildman–Crippen LogP) is 0.670. The Kier molecular flexibility index (Phi) is 4.34. The number of ether oxygens (including phenoxy) is 1. The number of hydrogen-bond donors (Lipinski definition) is 2. The lowest BCUT2D eigenvalue weighted by molar-refractivity contribution is -0.141. The zero-order chi connectivity index (χ0) is 13.1. The first kappa shape index (κ1) is 13.8. The van der Waals surface area contributed by atoms with Crippen molar-refractivity contribution in [2.24, 2.45) is 0 Å². The summed E-state index contributed by atoms with van der Waals surface area (Å²) >= 11 is 0. The quantitative estimate of drug-likeness (QED) is 0.762. The Hall–Kier alpha value is -1.30. The monoisotopic (exact) mass is 244 g/mol. The molecular weight excluding hydrogens is 224 g/mol. The van der Waals surface area contributed by atoms with E-state index in [1.54, 1.807) is 6.92 Å². The lowest BCUT2D eigenvalue weighted by Gasteiger charge is -2.30. The van der Waals surface area contributed by atoms with Crippen LogP contribution >= 0.6 is 0 Å². The second kappa shape index (κ2) is 5.35. The predicted molar refractivity (Wildman–Crippen MR) is 61.9 cm³/mol. The second-order valence-corrected chi connectivity index (χ2v) is 4.67. The average Bonchev–Trinajstić information content (AvgIpc) is 2.65. The molecule has 2 atom stereocenters. The van der Waals surface area contributed by atoms with Gasteiger partial charge in [0.1, 0.15) is 6.04 Å². The number of carboxylic acid groups (broad SMARTS) is 1. The van der Waals surface area contributed by atoms with Gasteiger partial charge in [0.25, 0.3) is 0 Å². The van der Waals surface area contributed by atoms with Gasteiger partial charge in [-0.3, -0.25) is 0 Å². The number of carboxylic acids is 1. The van der Waals surface area contributed by atoms with Crippen LogP contribution in [0, 0.1) is 0 Å². The van der Waals surface area contributed by atoms with Crippen molar-refractivity contribution in [3.8, 4) is 0 Å². The third-order valence-electron chi connectivity index (χ3n) is 3.09. The summed E-state index contributed by atoms with van der Waals surface area (Å²) in [6.07, 6.45) is 1.13. The maximum atomic E-state index is 11.9. The minimum Gasteiger partial charge on any atom is -0.480 e. The van der Waals surface area contributed by atoms with Gasteiger partial charge in [-0.25, -0.2) is 9.59 Å². The van der Waals surface area contributed by atoms with Crippen LogP contribution in [0.5, 0.6) is 0 Å². The molecule has 6 heteroatoms. The van der Waals surface area contributed by atoms with Gasteiger partial charge in [-0.05, 0) is 19.8 Å². The molecule has 0 aliphatic carbocycles. The molecule has 0 bridgehead atoms. The number of nitrogens with one attached hydrogen (secondary N) is 1. The Morgan fingerprint density at radius 3 is 2.65 bits per heavy atom. The summed E-state index contributed by atoms with van der Waals surface area (Å²) in [6.45, 7) is 4.73. The van der Waals surface area contributed by atoms with Crippen molar-refractivity contribution >= 4 is 12.0 Å². The molecule has 2 N–H and O–H groups in total. The van der Waals surface area contributed by atoms with E-state index in [0.717, 1.165) is 6.42 Å². The topological polar surface area (TPSA) is 78.9 Å². The standard InChI is InChI=1S/C11H20N2O4/c1-4-8(9(14)15)13(3)10(16)12-11(2)5-6-17-7-11/h8H,4-7H2,1-3H3,(H,12,16)(H,14,15). The molecule has 1 aliphatic heterocycles. The van der Waals surface area contributed by atoms with Crippen molar-refractivity contribution in [2.45, 2.75) is 38.3 Å². The first-order chi connectivity index (χ1) is 7.89. The lowest BCUT2D eigenvalue weighted by Crippen LogP contribution is -2.54. The van der Waals surface area contributed by atoms with E-state index < -0.39 is 12.0 Å². The highest BCUT2D eigenvalue weighted by atomic mass is 16.5. The Bertz CT molecular complexity index is 300. The van der Waals surface area contributed by atoms with Gasteiger partial charge in [-0.2, -0.15) is 0 Å². The molecular formula is C11H20N2O4. The number of carbonyl (C=O) groups is 2. The number of likely N-dealkylation sites (N-methyl/N-ethyl adjacent to an activating group) is 1. The highest BCUT2D eigenvalue weighted by Crippen LogP contribution is 2.18. The normalized spacial score (nSPS) is 25.4. The summed E-state index contributed by atoms with van der Waals surface area (Å²) in [4.78, 5) is 24.1. The summed E-state index contributed by atoms with van der Waals surface area (Å²) in [7, 11) is 1.50. The number of rotatable bonds is 4. The molecule has 1 fully saturated rings. The molecule has 1 saturated heterocycles. The van der Waals surface area contributed by atoms with Crippen molar-refractivity contribution in [2.75, 3.05) is 20.3 Å². The van der Waals surface area contributed by atoms with Crippen LogP contribution in [0.25, 0.3) is 0 Å². The second-order valence-electron chi connectivity index (χ2n) is 4.67. The first-order valence-electron chi connectivity index (χ1n) is 5.75. The van der Waals surface area contributed by atoms with E-state index in [2.05, 4.69) is 5.32 Å². The highest BCUT2D eigenvalue weighted by Gasteiger charge is 2.34.